The van der Waals surface area contributed by atoms with Crippen molar-refractivity contribution in [2.24, 2.45) is 0 Å². The monoisotopic (exact) mass is 814 g/mol. The van der Waals surface area contributed by atoms with Crippen molar-refractivity contribution in [2.45, 2.75) is 0 Å². The number of nitriles is 1. The zero-order valence-electron chi connectivity index (χ0n) is 34.7. The van der Waals surface area contributed by atoms with E-state index in [0.717, 1.165) is 111 Å². The molecule has 9 aromatic carbocycles. The molecule has 12 rings (SSSR count). The lowest BCUT2D eigenvalue weighted by Gasteiger charge is -2.18. The van der Waals surface area contributed by atoms with Crippen LogP contribution in [0.25, 0.3) is 111 Å². The smallest absolute Gasteiger partial charge is 0.138 e. The van der Waals surface area contributed by atoms with Crippen molar-refractivity contribution < 1.29 is 0 Å². The highest BCUT2D eigenvalue weighted by Crippen LogP contribution is 2.42. The van der Waals surface area contributed by atoms with Crippen molar-refractivity contribution in [2.75, 3.05) is 0 Å². The van der Waals surface area contributed by atoms with Gasteiger partial charge in [-0.3, -0.25) is 4.57 Å². The fraction of sp³-hybridized carbons (Fsp3) is 0. The predicted molar refractivity (Wildman–Crippen MR) is 265 cm³/mol. The number of hydrogen-bond acceptors (Lipinski definition) is 2. The van der Waals surface area contributed by atoms with Crippen molar-refractivity contribution >= 4 is 43.6 Å². The predicted octanol–water partition coefficient (Wildman–Crippen LogP) is 15.5. The molecule has 0 aliphatic rings. The van der Waals surface area contributed by atoms with Crippen LogP contribution in [0.2, 0.25) is 0 Å². The van der Waals surface area contributed by atoms with Crippen molar-refractivity contribution in [1.29, 1.82) is 5.26 Å². The SMILES string of the molecule is N#Cc1ccccc1-c1cc(-n2c3cc(-c4ccccc4)ccc3c3ccc(-c4ccccc4)cc32)ncc1-n1c2cc(-c3ccccc3)ccc2c2ccc(-c3ccccc3)cc21. The van der Waals surface area contributed by atoms with E-state index in [-0.39, 0.29) is 0 Å². The minimum Gasteiger partial charge on any atom is -0.307 e. The van der Waals surface area contributed by atoms with Gasteiger partial charge in [0, 0.05) is 32.7 Å². The molecule has 3 aromatic heterocycles. The number of fused-ring (bicyclic) bond motifs is 6. The molecule has 0 spiro atoms. The topological polar surface area (TPSA) is 46.5 Å². The first-order valence-corrected chi connectivity index (χ1v) is 21.6. The van der Waals surface area contributed by atoms with Crippen molar-refractivity contribution in [3.8, 4) is 73.2 Å². The van der Waals surface area contributed by atoms with Gasteiger partial charge in [0.05, 0.1) is 45.6 Å². The first-order valence-electron chi connectivity index (χ1n) is 21.6. The second-order valence-corrected chi connectivity index (χ2v) is 16.3. The fourth-order valence-electron chi connectivity index (χ4n) is 9.55. The van der Waals surface area contributed by atoms with Gasteiger partial charge in [0.25, 0.3) is 0 Å². The standard InChI is InChI=1S/C60H38N4/c61-38-48-23-13-14-24-49(48)54-37-60(64-57-35-46(42-19-9-3-10-20-42)27-31-52(57)53-32-28-47(36-58(53)64)43-21-11-4-12-22-43)62-39-59(54)63-55-33-44(40-15-5-1-6-16-40)25-29-50(55)51-30-26-45(34-56(51)63)41-17-7-2-8-18-41/h1-37,39H. The minimum atomic E-state index is 0.594. The van der Waals surface area contributed by atoms with E-state index in [2.05, 4.69) is 221 Å². The number of nitrogens with zero attached hydrogens (tertiary/aromatic N) is 4. The van der Waals surface area contributed by atoms with E-state index in [4.69, 9.17) is 4.98 Å². The van der Waals surface area contributed by atoms with Crippen LogP contribution in [0.15, 0.2) is 231 Å². The highest BCUT2D eigenvalue weighted by atomic mass is 15.1. The summed E-state index contributed by atoms with van der Waals surface area (Å²) in [4.78, 5) is 5.46. The van der Waals surface area contributed by atoms with Crippen LogP contribution in [0.1, 0.15) is 5.56 Å². The summed E-state index contributed by atoms with van der Waals surface area (Å²) in [7, 11) is 0. The van der Waals surface area contributed by atoms with Gasteiger partial charge in [-0.15, -0.1) is 0 Å². The Hall–Kier alpha value is -8.78. The molecule has 64 heavy (non-hydrogen) atoms. The molecule has 0 saturated carbocycles. The third-order valence-corrected chi connectivity index (χ3v) is 12.6. The molecule has 0 aliphatic carbocycles. The first kappa shape index (κ1) is 37.0. The summed E-state index contributed by atoms with van der Waals surface area (Å²) in [6.45, 7) is 0. The largest absolute Gasteiger partial charge is 0.307 e. The van der Waals surface area contributed by atoms with Gasteiger partial charge in [0.15, 0.2) is 0 Å². The van der Waals surface area contributed by atoms with Crippen LogP contribution < -0.4 is 0 Å². The van der Waals surface area contributed by atoms with E-state index in [9.17, 15) is 5.26 Å². The molecule has 0 saturated heterocycles. The summed E-state index contributed by atoms with van der Waals surface area (Å²) >= 11 is 0. The van der Waals surface area contributed by atoms with Gasteiger partial charge >= 0.3 is 0 Å². The zero-order valence-corrected chi connectivity index (χ0v) is 34.7. The Kier molecular flexibility index (Phi) is 8.84. The van der Waals surface area contributed by atoms with E-state index in [1.54, 1.807) is 0 Å². The number of benzene rings is 9. The van der Waals surface area contributed by atoms with E-state index in [0.29, 0.717) is 5.56 Å². The quantitative estimate of drug-likeness (QED) is 0.161. The summed E-state index contributed by atoms with van der Waals surface area (Å²) < 4.78 is 4.66. The van der Waals surface area contributed by atoms with Gasteiger partial charge in [-0.25, -0.2) is 4.98 Å². The van der Waals surface area contributed by atoms with Crippen molar-refractivity contribution in [1.82, 2.24) is 14.1 Å². The Bertz CT molecular complexity index is 3570. The summed E-state index contributed by atoms with van der Waals surface area (Å²) in [6, 6.07) is 81.8. The molecule has 4 heteroatoms. The van der Waals surface area contributed by atoms with Crippen LogP contribution in [0, 0.1) is 11.3 Å². The Morgan fingerprint density at radius 2 is 0.688 bits per heavy atom. The number of pyridine rings is 1. The summed E-state index contributed by atoms with van der Waals surface area (Å²) in [5.74, 6) is 0.762. The maximum Gasteiger partial charge on any atom is 0.138 e. The van der Waals surface area contributed by atoms with Crippen LogP contribution in [0.4, 0.5) is 0 Å². The molecule has 0 radical (unpaired) electrons. The molecule has 298 valence electrons. The average Bonchev–Trinajstić information content (AvgIpc) is 3.88. The van der Waals surface area contributed by atoms with Crippen LogP contribution >= 0.6 is 0 Å². The lowest BCUT2D eigenvalue weighted by atomic mass is 9.99. The molecule has 0 atom stereocenters. The van der Waals surface area contributed by atoms with Crippen LogP contribution in [-0.4, -0.2) is 14.1 Å². The average molecular weight is 815 g/mol. The maximum absolute atomic E-state index is 10.7. The van der Waals surface area contributed by atoms with E-state index in [1.807, 2.05) is 24.4 Å². The lowest BCUT2D eigenvalue weighted by molar-refractivity contribution is 1.06. The Morgan fingerprint density at radius 3 is 1.08 bits per heavy atom. The van der Waals surface area contributed by atoms with E-state index >= 15 is 0 Å². The summed E-state index contributed by atoms with van der Waals surface area (Å²) in [5.41, 5.74) is 16.5. The van der Waals surface area contributed by atoms with Gasteiger partial charge in [0.2, 0.25) is 0 Å². The van der Waals surface area contributed by atoms with E-state index in [1.165, 1.54) is 0 Å². The molecule has 4 nitrogen and oxygen atoms in total. The second kappa shape index (κ2) is 15.3. The van der Waals surface area contributed by atoms with Crippen LogP contribution in [-0.2, 0) is 0 Å². The third-order valence-electron chi connectivity index (χ3n) is 12.6. The van der Waals surface area contributed by atoms with Crippen molar-refractivity contribution in [3.63, 3.8) is 0 Å². The molecule has 0 fully saturated rings. The minimum absolute atomic E-state index is 0.594. The molecule has 0 unspecified atom stereocenters. The van der Waals surface area contributed by atoms with Gasteiger partial charge in [-0.05, 0) is 80.9 Å². The normalized spacial score (nSPS) is 11.4. The number of rotatable bonds is 7. The van der Waals surface area contributed by atoms with Crippen molar-refractivity contribution in [3.05, 3.63) is 236 Å². The Balaban J connectivity index is 1.18. The number of aromatic nitrogens is 3. The second-order valence-electron chi connectivity index (χ2n) is 16.3. The fourth-order valence-corrected chi connectivity index (χ4v) is 9.55. The highest BCUT2D eigenvalue weighted by molar-refractivity contribution is 6.13. The zero-order chi connectivity index (χ0) is 42.6. The Morgan fingerprint density at radius 1 is 0.328 bits per heavy atom. The molecule has 0 amide bonds. The van der Waals surface area contributed by atoms with Gasteiger partial charge in [-0.2, -0.15) is 5.26 Å². The Labute approximate surface area is 370 Å². The van der Waals surface area contributed by atoms with Crippen LogP contribution in [0.5, 0.6) is 0 Å². The maximum atomic E-state index is 10.7. The molecule has 3 heterocycles. The van der Waals surface area contributed by atoms with Gasteiger partial charge < -0.3 is 4.57 Å². The third kappa shape index (κ3) is 6.18. The molecule has 12 aromatic rings. The summed E-state index contributed by atoms with van der Waals surface area (Å²) in [5, 5.41) is 15.3. The lowest BCUT2D eigenvalue weighted by Crippen LogP contribution is -2.04. The molecular weight excluding hydrogens is 777 g/mol. The van der Waals surface area contributed by atoms with Crippen LogP contribution in [0.3, 0.4) is 0 Å². The van der Waals surface area contributed by atoms with E-state index < -0.39 is 0 Å². The number of hydrogen-bond donors (Lipinski definition) is 0. The molecule has 0 bridgehead atoms. The molecular formula is C60H38N4. The first-order chi connectivity index (χ1) is 31.7. The van der Waals surface area contributed by atoms with Gasteiger partial charge in [0.1, 0.15) is 5.82 Å². The summed E-state index contributed by atoms with van der Waals surface area (Å²) in [6.07, 6.45) is 2.02. The highest BCUT2D eigenvalue weighted by Gasteiger charge is 2.22. The van der Waals surface area contributed by atoms with Gasteiger partial charge in [-0.1, -0.05) is 188 Å². The molecule has 0 aliphatic heterocycles. The molecule has 0 N–H and O–H groups in total.